The highest BCUT2D eigenvalue weighted by atomic mass is 79.9. The van der Waals surface area contributed by atoms with Crippen LogP contribution in [0, 0.1) is 0 Å². The fraction of sp³-hybridized carbons (Fsp3) is 0.625. The Morgan fingerprint density at radius 3 is 2.85 bits per heavy atom. The quantitative estimate of drug-likeness (QED) is 0.909. The van der Waals surface area contributed by atoms with E-state index in [1.54, 1.807) is 0 Å². The summed E-state index contributed by atoms with van der Waals surface area (Å²) in [5.74, 6) is 0. The van der Waals surface area contributed by atoms with Crippen molar-refractivity contribution in [3.05, 3.63) is 33.8 Å². The summed E-state index contributed by atoms with van der Waals surface area (Å²) in [6.45, 7) is 7.86. The van der Waals surface area contributed by atoms with Gasteiger partial charge in [-0.3, -0.25) is 4.90 Å². The monoisotopic (exact) mass is 339 g/mol. The average Bonchev–Trinajstić information content (AvgIpc) is 2.55. The molecule has 1 aliphatic rings. The first-order valence-electron chi connectivity index (χ1n) is 7.44. The third kappa shape index (κ3) is 4.29. The highest BCUT2D eigenvalue weighted by Gasteiger charge is 2.20. The number of hydrogen-bond donors (Lipinski definition) is 1. The largest absolute Gasteiger partial charge is 0.316 e. The Morgan fingerprint density at radius 1 is 1.35 bits per heavy atom. The number of halogens is 1. The second kappa shape index (κ2) is 7.55. The van der Waals surface area contributed by atoms with Gasteiger partial charge in [0.15, 0.2) is 0 Å². The Hall–Kier alpha value is -0.420. The zero-order valence-electron chi connectivity index (χ0n) is 12.8. The molecule has 1 aromatic carbocycles. The van der Waals surface area contributed by atoms with E-state index in [0.717, 1.165) is 19.6 Å². The number of likely N-dealkylation sites (N-methyl/N-ethyl adjacent to an activating group) is 1. The van der Waals surface area contributed by atoms with Gasteiger partial charge in [0, 0.05) is 36.7 Å². The Labute approximate surface area is 131 Å². The lowest BCUT2D eigenvalue weighted by Crippen LogP contribution is -2.37. The minimum absolute atomic E-state index is 0.617. The van der Waals surface area contributed by atoms with E-state index in [4.69, 9.17) is 0 Å². The van der Waals surface area contributed by atoms with Crippen molar-refractivity contribution in [3.8, 4) is 0 Å². The van der Waals surface area contributed by atoms with Crippen LogP contribution in [0.3, 0.4) is 0 Å². The molecule has 1 heterocycles. The minimum Gasteiger partial charge on any atom is -0.316 e. The summed E-state index contributed by atoms with van der Waals surface area (Å²) in [4.78, 5) is 5.04. The molecular formula is C16H26BrN3. The molecule has 1 N–H and O–H groups in total. The highest BCUT2D eigenvalue weighted by Crippen LogP contribution is 2.22. The Morgan fingerprint density at radius 2 is 2.15 bits per heavy atom. The molecule has 20 heavy (non-hydrogen) atoms. The predicted molar refractivity (Wildman–Crippen MR) is 88.9 cm³/mol. The maximum Gasteiger partial charge on any atom is 0.0248 e. The molecule has 3 nitrogen and oxygen atoms in total. The summed E-state index contributed by atoms with van der Waals surface area (Å²) < 4.78 is 1.23. The molecule has 1 aromatic rings. The van der Waals surface area contributed by atoms with Gasteiger partial charge in [0.1, 0.15) is 0 Å². The molecule has 2 rings (SSSR count). The fourth-order valence-corrected chi connectivity index (χ4v) is 3.46. The second-order valence-corrected chi connectivity index (χ2v) is 6.75. The van der Waals surface area contributed by atoms with Crippen molar-refractivity contribution in [2.24, 2.45) is 0 Å². The van der Waals surface area contributed by atoms with Crippen LogP contribution in [0.1, 0.15) is 24.5 Å². The molecule has 1 saturated heterocycles. The van der Waals surface area contributed by atoms with Gasteiger partial charge in [-0.2, -0.15) is 0 Å². The SMILES string of the molecule is CNCc1ccc(CN2CCCN(C)CC2C)c(Br)c1. The number of nitrogens with zero attached hydrogens (tertiary/aromatic N) is 2. The summed E-state index contributed by atoms with van der Waals surface area (Å²) in [7, 11) is 4.21. The van der Waals surface area contributed by atoms with Gasteiger partial charge < -0.3 is 10.2 Å². The lowest BCUT2D eigenvalue weighted by molar-refractivity contribution is 0.194. The summed E-state index contributed by atoms with van der Waals surface area (Å²) >= 11 is 3.73. The lowest BCUT2D eigenvalue weighted by Gasteiger charge is -2.28. The summed E-state index contributed by atoms with van der Waals surface area (Å²) in [5.41, 5.74) is 2.72. The van der Waals surface area contributed by atoms with Crippen molar-refractivity contribution in [1.82, 2.24) is 15.1 Å². The molecular weight excluding hydrogens is 314 g/mol. The summed E-state index contributed by atoms with van der Waals surface area (Å²) in [6.07, 6.45) is 1.26. The molecule has 0 spiro atoms. The van der Waals surface area contributed by atoms with E-state index in [1.807, 2.05) is 7.05 Å². The van der Waals surface area contributed by atoms with Gasteiger partial charge in [-0.05, 0) is 51.2 Å². The third-order valence-corrected chi connectivity index (χ3v) is 4.79. The number of benzene rings is 1. The van der Waals surface area contributed by atoms with E-state index in [0.29, 0.717) is 6.04 Å². The summed E-state index contributed by atoms with van der Waals surface area (Å²) in [6, 6.07) is 7.34. The van der Waals surface area contributed by atoms with Crippen LogP contribution in [0.5, 0.6) is 0 Å². The van der Waals surface area contributed by atoms with Crippen LogP contribution < -0.4 is 5.32 Å². The molecule has 1 aliphatic heterocycles. The second-order valence-electron chi connectivity index (χ2n) is 5.89. The van der Waals surface area contributed by atoms with E-state index in [-0.39, 0.29) is 0 Å². The maximum atomic E-state index is 3.73. The molecule has 1 fully saturated rings. The fourth-order valence-electron chi connectivity index (χ4n) is 2.91. The van der Waals surface area contributed by atoms with Gasteiger partial charge >= 0.3 is 0 Å². The van der Waals surface area contributed by atoms with Crippen LogP contribution in [0.2, 0.25) is 0 Å². The first-order chi connectivity index (χ1) is 9.60. The van der Waals surface area contributed by atoms with Crippen molar-refractivity contribution in [3.63, 3.8) is 0 Å². The van der Waals surface area contributed by atoms with Crippen LogP contribution in [0.15, 0.2) is 22.7 Å². The average molecular weight is 340 g/mol. The Bertz CT molecular complexity index is 436. The Kier molecular flexibility index (Phi) is 6.02. The first-order valence-corrected chi connectivity index (χ1v) is 8.24. The zero-order chi connectivity index (χ0) is 14.5. The van der Waals surface area contributed by atoms with Crippen molar-refractivity contribution in [2.45, 2.75) is 32.5 Å². The minimum atomic E-state index is 0.617. The van der Waals surface area contributed by atoms with Crippen molar-refractivity contribution in [1.29, 1.82) is 0 Å². The smallest absolute Gasteiger partial charge is 0.0248 e. The van der Waals surface area contributed by atoms with Gasteiger partial charge in [-0.15, -0.1) is 0 Å². The van der Waals surface area contributed by atoms with Gasteiger partial charge in [0.2, 0.25) is 0 Å². The normalized spacial score (nSPS) is 21.9. The topological polar surface area (TPSA) is 18.5 Å². The molecule has 0 bridgehead atoms. The molecule has 0 amide bonds. The van der Waals surface area contributed by atoms with Gasteiger partial charge in [-0.1, -0.05) is 28.1 Å². The van der Waals surface area contributed by atoms with E-state index in [9.17, 15) is 0 Å². The number of nitrogens with one attached hydrogen (secondary N) is 1. The van der Waals surface area contributed by atoms with Crippen LogP contribution >= 0.6 is 15.9 Å². The van der Waals surface area contributed by atoms with Crippen LogP contribution in [0.25, 0.3) is 0 Å². The van der Waals surface area contributed by atoms with E-state index in [1.165, 1.54) is 35.1 Å². The van der Waals surface area contributed by atoms with Crippen molar-refractivity contribution >= 4 is 15.9 Å². The molecule has 0 aromatic heterocycles. The lowest BCUT2D eigenvalue weighted by atomic mass is 10.1. The molecule has 0 aliphatic carbocycles. The van der Waals surface area contributed by atoms with Crippen molar-refractivity contribution < 1.29 is 0 Å². The maximum absolute atomic E-state index is 3.73. The van der Waals surface area contributed by atoms with Gasteiger partial charge in [0.25, 0.3) is 0 Å². The van der Waals surface area contributed by atoms with Crippen molar-refractivity contribution in [2.75, 3.05) is 33.7 Å². The standard InChI is InChI=1S/C16H26BrN3/c1-13-11-19(3)7-4-8-20(13)12-15-6-5-14(10-18-2)9-16(15)17/h5-6,9,13,18H,4,7-8,10-12H2,1-3H3. The highest BCUT2D eigenvalue weighted by molar-refractivity contribution is 9.10. The molecule has 112 valence electrons. The first kappa shape index (κ1) is 16.0. The Balaban J connectivity index is 2.05. The van der Waals surface area contributed by atoms with E-state index < -0.39 is 0 Å². The predicted octanol–water partition coefficient (Wildman–Crippen LogP) is 2.69. The van der Waals surface area contributed by atoms with E-state index >= 15 is 0 Å². The van der Waals surface area contributed by atoms with E-state index in [2.05, 4.69) is 63.2 Å². The molecule has 0 saturated carbocycles. The summed E-state index contributed by atoms with van der Waals surface area (Å²) in [5, 5.41) is 3.20. The molecule has 4 heteroatoms. The van der Waals surface area contributed by atoms with Crippen LogP contribution in [0.4, 0.5) is 0 Å². The van der Waals surface area contributed by atoms with Crippen LogP contribution in [-0.2, 0) is 13.1 Å². The van der Waals surface area contributed by atoms with Gasteiger partial charge in [0.05, 0.1) is 0 Å². The van der Waals surface area contributed by atoms with Gasteiger partial charge in [-0.25, -0.2) is 0 Å². The van der Waals surface area contributed by atoms with Crippen LogP contribution in [-0.4, -0.2) is 49.6 Å². The third-order valence-electron chi connectivity index (χ3n) is 4.06. The number of rotatable bonds is 4. The molecule has 0 radical (unpaired) electrons. The molecule has 1 unspecified atom stereocenters. The molecule has 1 atom stereocenters. The zero-order valence-corrected chi connectivity index (χ0v) is 14.4. The number of hydrogen-bond acceptors (Lipinski definition) is 3.